The van der Waals surface area contributed by atoms with Crippen molar-refractivity contribution in [3.05, 3.63) is 59.9 Å². The molecule has 1 fully saturated rings. The Balaban J connectivity index is 1.25. The average Bonchev–Trinajstić information content (AvgIpc) is 3.38. The third kappa shape index (κ3) is 3.68. The molecular weight excluding hydrogens is 386 g/mol. The van der Waals surface area contributed by atoms with Crippen molar-refractivity contribution in [2.75, 3.05) is 33.9 Å². The van der Waals surface area contributed by atoms with Crippen LogP contribution in [0.1, 0.15) is 30.1 Å². The van der Waals surface area contributed by atoms with E-state index in [9.17, 15) is 0 Å². The Hall–Kier alpha value is -2.92. The van der Waals surface area contributed by atoms with E-state index in [0.717, 1.165) is 37.6 Å². The van der Waals surface area contributed by atoms with Gasteiger partial charge in [-0.1, -0.05) is 6.07 Å². The predicted molar refractivity (Wildman–Crippen MR) is 126 cm³/mol. The highest BCUT2D eigenvalue weighted by molar-refractivity contribution is 5.87. The van der Waals surface area contributed by atoms with Gasteiger partial charge < -0.3 is 23.9 Å². The molecule has 2 aromatic heterocycles. The number of aromatic nitrogens is 2. The van der Waals surface area contributed by atoms with E-state index in [1.165, 1.54) is 45.9 Å². The fraction of sp³-hybridized carbons (Fsp3) is 0.385. The highest BCUT2D eigenvalue weighted by Gasteiger charge is 2.22. The van der Waals surface area contributed by atoms with Gasteiger partial charge >= 0.3 is 0 Å². The number of piperidine rings is 1. The van der Waals surface area contributed by atoms with E-state index >= 15 is 0 Å². The summed E-state index contributed by atoms with van der Waals surface area (Å²) in [7, 11) is 3.48. The number of benzene rings is 2. The number of nitrogens with zero attached hydrogens (tertiary/aromatic N) is 2. The summed E-state index contributed by atoms with van der Waals surface area (Å²) in [5.74, 6) is 1.88. The van der Waals surface area contributed by atoms with Crippen molar-refractivity contribution in [1.82, 2.24) is 14.5 Å². The Morgan fingerprint density at radius 2 is 1.84 bits per heavy atom. The fourth-order valence-electron chi connectivity index (χ4n) is 5.16. The van der Waals surface area contributed by atoms with Crippen molar-refractivity contribution in [3.8, 4) is 11.5 Å². The number of ether oxygens (including phenoxy) is 2. The maximum atomic E-state index is 5.54. The van der Waals surface area contributed by atoms with Crippen LogP contribution in [0.2, 0.25) is 0 Å². The second kappa shape index (κ2) is 8.31. The second-order valence-corrected chi connectivity index (χ2v) is 8.58. The minimum absolute atomic E-state index is 0.556. The van der Waals surface area contributed by atoms with Crippen molar-refractivity contribution in [3.63, 3.8) is 0 Å². The van der Waals surface area contributed by atoms with E-state index in [1.54, 1.807) is 14.2 Å². The summed E-state index contributed by atoms with van der Waals surface area (Å²) in [6.07, 6.45) is 5.66. The molecule has 1 aliphatic heterocycles. The van der Waals surface area contributed by atoms with Gasteiger partial charge in [-0.2, -0.15) is 0 Å². The molecule has 5 nitrogen and oxygen atoms in total. The smallest absolute Gasteiger partial charge is 0.128 e. The van der Waals surface area contributed by atoms with Crippen LogP contribution >= 0.6 is 0 Å². The van der Waals surface area contributed by atoms with E-state index < -0.39 is 0 Å². The molecule has 31 heavy (non-hydrogen) atoms. The van der Waals surface area contributed by atoms with E-state index in [2.05, 4.69) is 57.9 Å². The maximum Gasteiger partial charge on any atom is 0.128 e. The molecule has 0 amide bonds. The summed E-state index contributed by atoms with van der Waals surface area (Å²) >= 11 is 0. The number of fused-ring (bicyclic) bond motifs is 2. The van der Waals surface area contributed by atoms with Gasteiger partial charge in [0.25, 0.3) is 0 Å². The molecule has 0 radical (unpaired) electrons. The van der Waals surface area contributed by atoms with E-state index in [-0.39, 0.29) is 0 Å². The minimum atomic E-state index is 0.556. The van der Waals surface area contributed by atoms with Gasteiger partial charge in [-0.3, -0.25) is 0 Å². The van der Waals surface area contributed by atoms with Crippen LogP contribution in [0.4, 0.5) is 0 Å². The van der Waals surface area contributed by atoms with Crippen LogP contribution < -0.4 is 9.47 Å². The molecule has 0 bridgehead atoms. The maximum absolute atomic E-state index is 5.54. The number of aromatic amines is 1. The third-order valence-corrected chi connectivity index (χ3v) is 6.90. The highest BCUT2D eigenvalue weighted by atomic mass is 16.5. The highest BCUT2D eigenvalue weighted by Crippen LogP contribution is 2.32. The lowest BCUT2D eigenvalue weighted by atomic mass is 10.0. The third-order valence-electron chi connectivity index (χ3n) is 6.90. The van der Waals surface area contributed by atoms with Gasteiger partial charge in [0.15, 0.2) is 0 Å². The molecule has 0 spiro atoms. The molecule has 162 valence electrons. The molecule has 1 saturated heterocycles. The quantitative estimate of drug-likeness (QED) is 0.461. The largest absolute Gasteiger partial charge is 0.497 e. The topological polar surface area (TPSA) is 42.4 Å². The van der Waals surface area contributed by atoms with Crippen molar-refractivity contribution in [2.24, 2.45) is 0 Å². The number of hydrogen-bond donors (Lipinski definition) is 1. The molecule has 1 N–H and O–H groups in total. The number of likely N-dealkylation sites (tertiary alicyclic amines) is 1. The van der Waals surface area contributed by atoms with Crippen LogP contribution in [0, 0.1) is 6.92 Å². The second-order valence-electron chi connectivity index (χ2n) is 8.58. The Morgan fingerprint density at radius 1 is 1.00 bits per heavy atom. The number of hydrogen-bond acceptors (Lipinski definition) is 3. The molecule has 5 rings (SSSR count). The van der Waals surface area contributed by atoms with Crippen LogP contribution in [0.5, 0.6) is 11.5 Å². The number of methoxy groups -OCH3 is 2. The molecule has 4 aromatic rings. The van der Waals surface area contributed by atoms with Gasteiger partial charge in [0.2, 0.25) is 0 Å². The van der Waals surface area contributed by atoms with Crippen molar-refractivity contribution in [1.29, 1.82) is 0 Å². The lowest BCUT2D eigenvalue weighted by Crippen LogP contribution is -2.35. The summed E-state index contributed by atoms with van der Waals surface area (Å²) in [6.45, 7) is 5.55. The van der Waals surface area contributed by atoms with E-state index in [4.69, 9.17) is 9.47 Å². The molecule has 0 aliphatic carbocycles. The average molecular weight is 418 g/mol. The Kier molecular flexibility index (Phi) is 5.36. The predicted octanol–water partition coefficient (Wildman–Crippen LogP) is 5.33. The summed E-state index contributed by atoms with van der Waals surface area (Å²) in [5, 5.41) is 2.50. The fourth-order valence-corrected chi connectivity index (χ4v) is 5.16. The standard InChI is InChI=1S/C26H31N3O2/c1-18-21(23-17-20(30-2)7-8-24(23)27-18)11-15-28-13-9-19(10-14-28)29-16-12-22-25(29)5-4-6-26(22)31-3/h4-8,12,16-17,19,27H,9-11,13-15H2,1-3H3. The zero-order valence-corrected chi connectivity index (χ0v) is 18.6. The molecule has 3 heterocycles. The lowest BCUT2D eigenvalue weighted by molar-refractivity contribution is 0.190. The number of rotatable bonds is 6. The van der Waals surface area contributed by atoms with Gasteiger partial charge in [0, 0.05) is 53.9 Å². The first-order valence-electron chi connectivity index (χ1n) is 11.2. The van der Waals surface area contributed by atoms with Gasteiger partial charge in [0.05, 0.1) is 19.7 Å². The van der Waals surface area contributed by atoms with Crippen molar-refractivity contribution < 1.29 is 9.47 Å². The molecule has 1 aliphatic rings. The monoisotopic (exact) mass is 417 g/mol. The van der Waals surface area contributed by atoms with Gasteiger partial charge in [-0.05, 0) is 68.1 Å². The first-order valence-corrected chi connectivity index (χ1v) is 11.2. The van der Waals surface area contributed by atoms with Crippen LogP contribution in [-0.2, 0) is 6.42 Å². The van der Waals surface area contributed by atoms with Crippen molar-refractivity contribution >= 4 is 21.8 Å². The first-order chi connectivity index (χ1) is 15.2. The van der Waals surface area contributed by atoms with Crippen LogP contribution in [0.15, 0.2) is 48.7 Å². The summed E-state index contributed by atoms with van der Waals surface area (Å²) in [4.78, 5) is 6.14. The van der Waals surface area contributed by atoms with Crippen LogP contribution in [0.3, 0.4) is 0 Å². The van der Waals surface area contributed by atoms with Crippen molar-refractivity contribution in [2.45, 2.75) is 32.2 Å². The Labute approximate surface area is 183 Å². The molecule has 0 saturated carbocycles. The molecule has 5 heteroatoms. The normalized spacial score (nSPS) is 15.7. The SMILES string of the molecule is COc1ccc2[nH]c(C)c(CCN3CCC(n4ccc5c(OC)cccc54)CC3)c2c1. The summed E-state index contributed by atoms with van der Waals surface area (Å²) in [5.41, 5.74) is 5.16. The zero-order chi connectivity index (χ0) is 21.4. The molecule has 2 aromatic carbocycles. The zero-order valence-electron chi connectivity index (χ0n) is 18.6. The molecule has 0 atom stereocenters. The van der Waals surface area contributed by atoms with Gasteiger partial charge in [-0.15, -0.1) is 0 Å². The lowest BCUT2D eigenvalue weighted by Gasteiger charge is -2.33. The number of nitrogens with one attached hydrogen (secondary N) is 1. The Morgan fingerprint density at radius 3 is 2.61 bits per heavy atom. The number of aryl methyl sites for hydroxylation is 1. The summed E-state index contributed by atoms with van der Waals surface area (Å²) < 4.78 is 13.4. The summed E-state index contributed by atoms with van der Waals surface area (Å²) in [6, 6.07) is 15.4. The van der Waals surface area contributed by atoms with Crippen LogP contribution in [0.25, 0.3) is 21.8 Å². The van der Waals surface area contributed by atoms with Gasteiger partial charge in [-0.25, -0.2) is 0 Å². The van der Waals surface area contributed by atoms with Gasteiger partial charge in [0.1, 0.15) is 11.5 Å². The Bertz CT molecular complexity index is 1200. The molecule has 0 unspecified atom stereocenters. The van der Waals surface area contributed by atoms with Crippen LogP contribution in [-0.4, -0.2) is 48.3 Å². The molecular formula is C26H31N3O2. The van der Waals surface area contributed by atoms with E-state index in [1.807, 2.05) is 12.1 Å². The van der Waals surface area contributed by atoms with E-state index in [0.29, 0.717) is 6.04 Å². The minimum Gasteiger partial charge on any atom is -0.497 e. The number of H-pyrrole nitrogens is 1. The first kappa shape index (κ1) is 20.0.